The van der Waals surface area contributed by atoms with Gasteiger partial charge >= 0.3 is 0 Å². The monoisotopic (exact) mass is 392 g/mol. The summed E-state index contributed by atoms with van der Waals surface area (Å²) in [5, 5.41) is 0. The van der Waals surface area contributed by atoms with Crippen LogP contribution in [0.2, 0.25) is 0 Å². The number of carbonyl (C=O) groups is 1. The molecule has 0 aliphatic carbocycles. The molecule has 2 aliphatic heterocycles. The number of halogens is 1. The van der Waals surface area contributed by atoms with Gasteiger partial charge < -0.3 is 9.32 Å². The van der Waals surface area contributed by atoms with E-state index < -0.39 is 15.8 Å². The molecule has 1 aromatic carbocycles. The maximum absolute atomic E-state index is 14.6. The highest BCUT2D eigenvalue weighted by atomic mass is 32.2. The van der Waals surface area contributed by atoms with Crippen molar-refractivity contribution >= 4 is 15.9 Å². The molecule has 0 saturated carbocycles. The van der Waals surface area contributed by atoms with Crippen LogP contribution in [0, 0.1) is 5.82 Å². The second-order valence-corrected chi connectivity index (χ2v) is 8.82. The van der Waals surface area contributed by atoms with Gasteiger partial charge in [0.2, 0.25) is 10.0 Å². The van der Waals surface area contributed by atoms with E-state index in [0.717, 1.165) is 18.9 Å². The average molecular weight is 392 g/mol. The summed E-state index contributed by atoms with van der Waals surface area (Å²) in [6, 6.07) is 6.63. The second kappa shape index (κ2) is 7.09. The van der Waals surface area contributed by atoms with Gasteiger partial charge in [0.05, 0.1) is 22.8 Å². The van der Waals surface area contributed by atoms with E-state index in [-0.39, 0.29) is 22.4 Å². The summed E-state index contributed by atoms with van der Waals surface area (Å²) in [6.45, 7) is 1.57. The molecule has 8 heteroatoms. The molecule has 27 heavy (non-hydrogen) atoms. The molecule has 2 saturated heterocycles. The summed E-state index contributed by atoms with van der Waals surface area (Å²) in [5.41, 5.74) is -0.0835. The van der Waals surface area contributed by atoms with Crippen molar-refractivity contribution in [1.82, 2.24) is 9.21 Å². The molecule has 1 aromatic heterocycles. The van der Waals surface area contributed by atoms with Gasteiger partial charge in [-0.15, -0.1) is 0 Å². The van der Waals surface area contributed by atoms with Crippen LogP contribution in [-0.4, -0.2) is 43.2 Å². The van der Waals surface area contributed by atoms with E-state index in [1.807, 2.05) is 0 Å². The number of rotatable bonds is 4. The second-order valence-electron chi connectivity index (χ2n) is 6.93. The number of furan rings is 1. The van der Waals surface area contributed by atoms with Crippen molar-refractivity contribution in [3.05, 3.63) is 53.7 Å². The van der Waals surface area contributed by atoms with Gasteiger partial charge in [0.1, 0.15) is 11.6 Å². The molecule has 6 nitrogen and oxygen atoms in total. The Kier molecular flexibility index (Phi) is 4.77. The van der Waals surface area contributed by atoms with E-state index >= 15 is 0 Å². The fourth-order valence-electron chi connectivity index (χ4n) is 3.85. The van der Waals surface area contributed by atoms with Gasteiger partial charge in [-0.25, -0.2) is 12.8 Å². The first kappa shape index (κ1) is 18.2. The Morgan fingerprint density at radius 3 is 2.56 bits per heavy atom. The van der Waals surface area contributed by atoms with Crippen molar-refractivity contribution in [3.8, 4) is 0 Å². The molecule has 2 aromatic rings. The molecule has 2 aliphatic rings. The molecule has 144 valence electrons. The normalized spacial score (nSPS) is 21.1. The molecule has 3 heterocycles. The molecule has 1 atom stereocenters. The van der Waals surface area contributed by atoms with Gasteiger partial charge in [-0.05, 0) is 56.0 Å². The summed E-state index contributed by atoms with van der Waals surface area (Å²) < 4.78 is 47.4. The summed E-state index contributed by atoms with van der Waals surface area (Å²) >= 11 is 0. The minimum Gasteiger partial charge on any atom is -0.468 e. The number of hydrogen-bond acceptors (Lipinski definition) is 4. The minimum atomic E-state index is -3.89. The summed E-state index contributed by atoms with van der Waals surface area (Å²) in [6.07, 6.45) is 4.68. The third kappa shape index (κ3) is 3.27. The van der Waals surface area contributed by atoms with Crippen LogP contribution in [0.5, 0.6) is 0 Å². The van der Waals surface area contributed by atoms with E-state index in [1.54, 1.807) is 17.0 Å². The molecule has 0 N–H and O–H groups in total. The predicted octanol–water partition coefficient (Wildman–Crippen LogP) is 3.18. The Hall–Kier alpha value is -2.19. The first-order valence-corrected chi connectivity index (χ1v) is 10.6. The molecule has 1 unspecified atom stereocenters. The highest BCUT2D eigenvalue weighted by Crippen LogP contribution is 2.37. The van der Waals surface area contributed by atoms with Crippen molar-refractivity contribution in [1.29, 1.82) is 0 Å². The lowest BCUT2D eigenvalue weighted by atomic mass is 10.2. The number of amides is 1. The maximum atomic E-state index is 14.6. The lowest BCUT2D eigenvalue weighted by Gasteiger charge is -2.23. The van der Waals surface area contributed by atoms with Gasteiger partial charge in [-0.3, -0.25) is 4.79 Å². The lowest BCUT2D eigenvalue weighted by Crippen LogP contribution is -2.31. The standard InChI is InChI=1S/C19H21FN2O4S/c20-16-13-14(7-8-15(16)19(23)21-9-1-2-10-21)27(24,25)22-11-3-5-17(22)18-6-4-12-26-18/h4,6-8,12-13,17H,1-3,5,9-11H2. The van der Waals surface area contributed by atoms with E-state index in [2.05, 4.69) is 0 Å². The van der Waals surface area contributed by atoms with Crippen LogP contribution in [0.25, 0.3) is 0 Å². The molecule has 0 bridgehead atoms. The van der Waals surface area contributed by atoms with E-state index in [1.165, 1.54) is 22.7 Å². The van der Waals surface area contributed by atoms with Crippen LogP contribution < -0.4 is 0 Å². The van der Waals surface area contributed by atoms with Crippen LogP contribution in [-0.2, 0) is 10.0 Å². The van der Waals surface area contributed by atoms with E-state index in [0.29, 0.717) is 38.2 Å². The van der Waals surface area contributed by atoms with Crippen molar-refractivity contribution in [2.75, 3.05) is 19.6 Å². The maximum Gasteiger partial charge on any atom is 0.256 e. The van der Waals surface area contributed by atoms with Crippen LogP contribution in [0.3, 0.4) is 0 Å². The highest BCUT2D eigenvalue weighted by Gasteiger charge is 2.38. The predicted molar refractivity (Wildman–Crippen MR) is 96.1 cm³/mol. The zero-order chi connectivity index (χ0) is 19.0. The van der Waals surface area contributed by atoms with Crippen LogP contribution in [0.15, 0.2) is 45.9 Å². The van der Waals surface area contributed by atoms with Gasteiger partial charge in [0, 0.05) is 19.6 Å². The average Bonchev–Trinajstić information content (AvgIpc) is 3.42. The first-order chi connectivity index (χ1) is 13.0. The van der Waals surface area contributed by atoms with Crippen molar-refractivity contribution in [2.24, 2.45) is 0 Å². The van der Waals surface area contributed by atoms with E-state index in [4.69, 9.17) is 4.42 Å². The lowest BCUT2D eigenvalue weighted by molar-refractivity contribution is 0.0788. The zero-order valence-electron chi connectivity index (χ0n) is 14.8. The number of sulfonamides is 1. The Labute approximate surface area is 157 Å². The molecule has 4 rings (SSSR count). The Morgan fingerprint density at radius 1 is 1.11 bits per heavy atom. The molecule has 0 spiro atoms. The number of nitrogens with zero attached hydrogens (tertiary/aromatic N) is 2. The van der Waals surface area contributed by atoms with Crippen LogP contribution in [0.4, 0.5) is 4.39 Å². The van der Waals surface area contributed by atoms with Crippen molar-refractivity contribution < 1.29 is 22.0 Å². The molecule has 0 radical (unpaired) electrons. The highest BCUT2D eigenvalue weighted by molar-refractivity contribution is 7.89. The van der Waals surface area contributed by atoms with Crippen molar-refractivity contribution in [3.63, 3.8) is 0 Å². The quantitative estimate of drug-likeness (QED) is 0.801. The van der Waals surface area contributed by atoms with Crippen LogP contribution in [0.1, 0.15) is 47.8 Å². The Morgan fingerprint density at radius 2 is 1.89 bits per heavy atom. The molecular formula is C19H21FN2O4S. The topological polar surface area (TPSA) is 70.8 Å². The largest absolute Gasteiger partial charge is 0.468 e. The fourth-order valence-corrected chi connectivity index (χ4v) is 5.53. The zero-order valence-corrected chi connectivity index (χ0v) is 15.6. The number of hydrogen-bond donors (Lipinski definition) is 0. The van der Waals surface area contributed by atoms with Gasteiger partial charge in [-0.2, -0.15) is 4.31 Å². The van der Waals surface area contributed by atoms with E-state index in [9.17, 15) is 17.6 Å². The first-order valence-electron chi connectivity index (χ1n) is 9.12. The summed E-state index contributed by atoms with van der Waals surface area (Å²) in [5.74, 6) is -0.609. The number of likely N-dealkylation sites (tertiary alicyclic amines) is 1. The van der Waals surface area contributed by atoms with Gasteiger partial charge in [-0.1, -0.05) is 0 Å². The molecular weight excluding hydrogens is 371 g/mol. The van der Waals surface area contributed by atoms with Crippen LogP contribution >= 0.6 is 0 Å². The molecule has 1 amide bonds. The third-order valence-corrected chi connectivity index (χ3v) is 7.15. The summed E-state index contributed by atoms with van der Waals surface area (Å²) in [7, 11) is -3.89. The number of benzene rings is 1. The molecule has 2 fully saturated rings. The smallest absolute Gasteiger partial charge is 0.256 e. The number of carbonyl (C=O) groups excluding carboxylic acids is 1. The Bertz CT molecular complexity index is 937. The Balaban J connectivity index is 1.62. The van der Waals surface area contributed by atoms with Crippen molar-refractivity contribution in [2.45, 2.75) is 36.6 Å². The van der Waals surface area contributed by atoms with Gasteiger partial charge in [0.15, 0.2) is 0 Å². The van der Waals surface area contributed by atoms with Gasteiger partial charge in [0.25, 0.3) is 5.91 Å². The minimum absolute atomic E-state index is 0.0835. The SMILES string of the molecule is O=C(c1ccc(S(=O)(=O)N2CCCC2c2ccco2)cc1F)N1CCCC1. The fraction of sp³-hybridized carbons (Fsp3) is 0.421. The summed E-state index contributed by atoms with van der Waals surface area (Å²) in [4.78, 5) is 13.9. The third-order valence-electron chi connectivity index (χ3n) is 5.25.